The van der Waals surface area contributed by atoms with E-state index in [2.05, 4.69) is 17.4 Å². The number of amides is 1. The molecule has 0 spiro atoms. The number of carbonyl (C=O) groups excluding carboxylic acids is 1. The summed E-state index contributed by atoms with van der Waals surface area (Å²) in [6, 6.07) is 16.2. The topological polar surface area (TPSA) is 81.1 Å². The Labute approximate surface area is 143 Å². The van der Waals surface area contributed by atoms with Gasteiger partial charge in [0.25, 0.3) is 5.91 Å². The lowest BCUT2D eigenvalue weighted by molar-refractivity contribution is 0.0887. The van der Waals surface area contributed by atoms with Gasteiger partial charge >= 0.3 is 0 Å². The molecule has 4 nitrogen and oxygen atoms in total. The number of carbonyl (C=O) groups is 1. The van der Waals surface area contributed by atoms with Crippen LogP contribution in [-0.4, -0.2) is 18.5 Å². The van der Waals surface area contributed by atoms with E-state index in [0.717, 1.165) is 42.5 Å². The lowest BCUT2D eigenvalue weighted by Crippen LogP contribution is -2.44. The van der Waals surface area contributed by atoms with E-state index >= 15 is 0 Å². The van der Waals surface area contributed by atoms with E-state index in [1.807, 2.05) is 36.4 Å². The minimum atomic E-state index is 0.00783. The standard InChI is InChI=1S/C20H25N3O/c21-9-8-14-11-19(12-14)23-20(24)17-6-4-16(5-7-17)18-3-1-2-15(10-18)13-22/h1-7,10,14,19H,8-9,11-13,21-22H2,(H,23,24). The number of hydrogen-bond acceptors (Lipinski definition) is 3. The molecule has 0 radical (unpaired) electrons. The minimum absolute atomic E-state index is 0.00783. The molecule has 24 heavy (non-hydrogen) atoms. The van der Waals surface area contributed by atoms with Crippen molar-refractivity contribution in [3.63, 3.8) is 0 Å². The van der Waals surface area contributed by atoms with Gasteiger partial charge in [-0.25, -0.2) is 0 Å². The average molecular weight is 323 g/mol. The second-order valence-electron chi connectivity index (χ2n) is 6.57. The lowest BCUT2D eigenvalue weighted by Gasteiger charge is -2.35. The summed E-state index contributed by atoms with van der Waals surface area (Å²) < 4.78 is 0. The fraction of sp³-hybridized carbons (Fsp3) is 0.350. The van der Waals surface area contributed by atoms with Crippen LogP contribution < -0.4 is 16.8 Å². The van der Waals surface area contributed by atoms with E-state index in [9.17, 15) is 4.79 Å². The molecule has 0 bridgehead atoms. The zero-order valence-electron chi connectivity index (χ0n) is 13.9. The summed E-state index contributed by atoms with van der Waals surface area (Å²) in [4.78, 5) is 12.3. The Morgan fingerprint density at radius 1 is 1.04 bits per heavy atom. The lowest BCUT2D eigenvalue weighted by atomic mass is 9.78. The van der Waals surface area contributed by atoms with Crippen LogP contribution in [0.1, 0.15) is 35.2 Å². The molecule has 2 aromatic rings. The molecule has 0 heterocycles. The van der Waals surface area contributed by atoms with Crippen molar-refractivity contribution < 1.29 is 4.79 Å². The molecule has 2 aromatic carbocycles. The van der Waals surface area contributed by atoms with Crippen LogP contribution in [0, 0.1) is 5.92 Å². The van der Waals surface area contributed by atoms with Crippen molar-refractivity contribution in [2.45, 2.75) is 31.8 Å². The van der Waals surface area contributed by atoms with Crippen LogP contribution in [0.3, 0.4) is 0 Å². The zero-order valence-corrected chi connectivity index (χ0v) is 13.9. The maximum Gasteiger partial charge on any atom is 0.251 e. The van der Waals surface area contributed by atoms with Gasteiger partial charge in [-0.3, -0.25) is 4.79 Å². The first kappa shape index (κ1) is 16.7. The van der Waals surface area contributed by atoms with Crippen molar-refractivity contribution in [2.75, 3.05) is 6.54 Å². The van der Waals surface area contributed by atoms with Gasteiger partial charge in [0, 0.05) is 18.2 Å². The maximum absolute atomic E-state index is 12.3. The zero-order chi connectivity index (χ0) is 16.9. The Bertz CT molecular complexity index is 690. The van der Waals surface area contributed by atoms with E-state index in [4.69, 9.17) is 11.5 Å². The van der Waals surface area contributed by atoms with Gasteiger partial charge in [0.2, 0.25) is 0 Å². The van der Waals surface area contributed by atoms with Gasteiger partial charge in [-0.15, -0.1) is 0 Å². The molecule has 0 aliphatic heterocycles. The molecule has 4 heteroatoms. The van der Waals surface area contributed by atoms with Crippen LogP contribution in [0.25, 0.3) is 11.1 Å². The van der Waals surface area contributed by atoms with Crippen molar-refractivity contribution in [1.82, 2.24) is 5.32 Å². The summed E-state index contributed by atoms with van der Waals surface area (Å²) in [6.45, 7) is 1.26. The first-order valence-electron chi connectivity index (χ1n) is 8.60. The minimum Gasteiger partial charge on any atom is -0.349 e. The second kappa shape index (κ2) is 7.60. The Kier molecular flexibility index (Phi) is 5.28. The predicted molar refractivity (Wildman–Crippen MR) is 97.4 cm³/mol. The molecular weight excluding hydrogens is 298 g/mol. The molecule has 1 aliphatic carbocycles. The predicted octanol–water partition coefficient (Wildman–Crippen LogP) is 2.67. The molecular formula is C20H25N3O. The summed E-state index contributed by atoms with van der Waals surface area (Å²) in [7, 11) is 0. The smallest absolute Gasteiger partial charge is 0.251 e. The summed E-state index contributed by atoms with van der Waals surface area (Å²) >= 11 is 0. The fourth-order valence-electron chi connectivity index (χ4n) is 3.29. The summed E-state index contributed by atoms with van der Waals surface area (Å²) in [5.74, 6) is 0.686. The van der Waals surface area contributed by atoms with Crippen LogP contribution >= 0.6 is 0 Å². The highest BCUT2D eigenvalue weighted by molar-refractivity contribution is 5.95. The molecule has 1 amide bonds. The maximum atomic E-state index is 12.3. The molecule has 3 rings (SSSR count). The highest BCUT2D eigenvalue weighted by Crippen LogP contribution is 2.30. The first-order chi connectivity index (χ1) is 11.7. The van der Waals surface area contributed by atoms with Crippen LogP contribution in [0.4, 0.5) is 0 Å². The molecule has 5 N–H and O–H groups in total. The molecule has 0 aromatic heterocycles. The highest BCUT2D eigenvalue weighted by atomic mass is 16.1. The average Bonchev–Trinajstić information content (AvgIpc) is 2.60. The number of benzene rings is 2. The third-order valence-corrected chi connectivity index (χ3v) is 4.79. The van der Waals surface area contributed by atoms with Gasteiger partial charge in [-0.05, 0) is 66.6 Å². The van der Waals surface area contributed by atoms with Crippen molar-refractivity contribution >= 4 is 5.91 Å². The van der Waals surface area contributed by atoms with Gasteiger partial charge in [0.1, 0.15) is 0 Å². The molecule has 0 atom stereocenters. The SMILES string of the molecule is NCCC1CC(NC(=O)c2ccc(-c3cccc(CN)c3)cc2)C1. The summed E-state index contributed by atoms with van der Waals surface area (Å²) in [5, 5.41) is 3.10. The number of nitrogens with two attached hydrogens (primary N) is 2. The molecule has 1 fully saturated rings. The monoisotopic (exact) mass is 323 g/mol. The van der Waals surface area contributed by atoms with Gasteiger partial charge in [0.15, 0.2) is 0 Å². The van der Waals surface area contributed by atoms with E-state index in [0.29, 0.717) is 24.1 Å². The molecule has 0 saturated heterocycles. The third kappa shape index (κ3) is 3.83. The summed E-state index contributed by atoms with van der Waals surface area (Å²) in [5.41, 5.74) is 15.3. The summed E-state index contributed by atoms with van der Waals surface area (Å²) in [6.07, 6.45) is 3.16. The van der Waals surface area contributed by atoms with Crippen LogP contribution in [0.5, 0.6) is 0 Å². The van der Waals surface area contributed by atoms with E-state index in [-0.39, 0.29) is 5.91 Å². The van der Waals surface area contributed by atoms with E-state index < -0.39 is 0 Å². The quantitative estimate of drug-likeness (QED) is 0.764. The van der Waals surface area contributed by atoms with Gasteiger partial charge in [-0.2, -0.15) is 0 Å². The van der Waals surface area contributed by atoms with E-state index in [1.165, 1.54) is 0 Å². The number of nitrogens with one attached hydrogen (secondary N) is 1. The Morgan fingerprint density at radius 3 is 2.46 bits per heavy atom. The number of hydrogen-bond donors (Lipinski definition) is 3. The van der Waals surface area contributed by atoms with Crippen molar-refractivity contribution in [3.8, 4) is 11.1 Å². The van der Waals surface area contributed by atoms with Crippen molar-refractivity contribution in [1.29, 1.82) is 0 Å². The van der Waals surface area contributed by atoms with E-state index in [1.54, 1.807) is 0 Å². The van der Waals surface area contributed by atoms with Gasteiger partial charge < -0.3 is 16.8 Å². The second-order valence-corrected chi connectivity index (χ2v) is 6.57. The first-order valence-corrected chi connectivity index (χ1v) is 8.60. The fourth-order valence-corrected chi connectivity index (χ4v) is 3.29. The van der Waals surface area contributed by atoms with Crippen LogP contribution in [0.15, 0.2) is 48.5 Å². The largest absolute Gasteiger partial charge is 0.349 e. The molecule has 0 unspecified atom stereocenters. The van der Waals surface area contributed by atoms with Crippen molar-refractivity contribution in [2.24, 2.45) is 17.4 Å². The van der Waals surface area contributed by atoms with Crippen LogP contribution in [-0.2, 0) is 6.54 Å². The Hall–Kier alpha value is -2.17. The Morgan fingerprint density at radius 2 is 1.79 bits per heavy atom. The van der Waals surface area contributed by atoms with Crippen LogP contribution in [0.2, 0.25) is 0 Å². The number of rotatable bonds is 6. The molecule has 126 valence electrons. The third-order valence-electron chi connectivity index (χ3n) is 4.79. The van der Waals surface area contributed by atoms with Gasteiger partial charge in [0.05, 0.1) is 0 Å². The Balaban J connectivity index is 1.61. The molecule has 1 aliphatic rings. The van der Waals surface area contributed by atoms with Crippen molar-refractivity contribution in [3.05, 3.63) is 59.7 Å². The highest BCUT2D eigenvalue weighted by Gasteiger charge is 2.29. The molecule has 1 saturated carbocycles. The normalized spacial score (nSPS) is 19.6. The van der Waals surface area contributed by atoms with Gasteiger partial charge in [-0.1, -0.05) is 30.3 Å².